The maximum absolute atomic E-state index is 13.1. The molecule has 184 valence electrons. The molecule has 0 saturated heterocycles. The summed E-state index contributed by atoms with van der Waals surface area (Å²) in [6, 6.07) is 14.1. The van der Waals surface area contributed by atoms with Crippen molar-refractivity contribution in [2.24, 2.45) is 5.92 Å². The summed E-state index contributed by atoms with van der Waals surface area (Å²) in [6.45, 7) is 4.23. The van der Waals surface area contributed by atoms with Crippen molar-refractivity contribution in [3.63, 3.8) is 0 Å². The molecule has 35 heavy (non-hydrogen) atoms. The zero-order valence-electron chi connectivity index (χ0n) is 19.4. The van der Waals surface area contributed by atoms with Gasteiger partial charge >= 0.3 is 6.18 Å². The summed E-state index contributed by atoms with van der Waals surface area (Å²) in [5.74, 6) is 0.0621. The summed E-state index contributed by atoms with van der Waals surface area (Å²) in [4.78, 5) is 25.5. The van der Waals surface area contributed by atoms with Gasteiger partial charge in [-0.05, 0) is 54.4 Å². The number of amides is 2. The van der Waals surface area contributed by atoms with Crippen LogP contribution in [0.1, 0.15) is 35.5 Å². The number of rotatable bonds is 8. The third kappa shape index (κ3) is 6.99. The van der Waals surface area contributed by atoms with E-state index in [1.807, 2.05) is 13.8 Å². The van der Waals surface area contributed by atoms with Crippen LogP contribution >= 0.6 is 0 Å². The predicted molar refractivity (Wildman–Crippen MR) is 125 cm³/mol. The van der Waals surface area contributed by atoms with Gasteiger partial charge in [-0.3, -0.25) is 9.59 Å². The van der Waals surface area contributed by atoms with Crippen LogP contribution in [0.25, 0.3) is 17.4 Å². The first-order valence-corrected chi connectivity index (χ1v) is 10.8. The first-order chi connectivity index (χ1) is 16.6. The molecule has 0 bridgehead atoms. The van der Waals surface area contributed by atoms with E-state index < -0.39 is 23.6 Å². The van der Waals surface area contributed by atoms with Gasteiger partial charge in [0.1, 0.15) is 23.0 Å². The van der Waals surface area contributed by atoms with Gasteiger partial charge in [0.15, 0.2) is 0 Å². The van der Waals surface area contributed by atoms with Crippen LogP contribution in [-0.2, 0) is 11.0 Å². The van der Waals surface area contributed by atoms with Gasteiger partial charge in [0, 0.05) is 23.7 Å². The monoisotopic (exact) mass is 486 g/mol. The number of halogens is 3. The van der Waals surface area contributed by atoms with Crippen molar-refractivity contribution in [1.82, 2.24) is 10.6 Å². The van der Waals surface area contributed by atoms with Crippen LogP contribution in [0, 0.1) is 5.92 Å². The molecule has 6 nitrogen and oxygen atoms in total. The summed E-state index contributed by atoms with van der Waals surface area (Å²) in [5, 5.41) is 5.31. The fraction of sp³-hybridized carbons (Fsp3) is 0.231. The van der Waals surface area contributed by atoms with Crippen molar-refractivity contribution in [3.8, 4) is 17.1 Å². The standard InChI is InChI=1S/C26H25F3N2O4/c1-16(2)15-30-25(33)22(31-24(32)17-7-9-20(34-3)10-8-17)14-21-11-12-23(35-21)18-5-4-6-19(13-18)26(27,28)29/h4-14,16H,15H2,1-3H3,(H,30,33)(H,31,32). The Morgan fingerprint density at radius 1 is 1.06 bits per heavy atom. The molecular weight excluding hydrogens is 461 g/mol. The van der Waals surface area contributed by atoms with Crippen LogP contribution in [0.2, 0.25) is 0 Å². The molecule has 0 saturated carbocycles. The van der Waals surface area contributed by atoms with Crippen LogP contribution < -0.4 is 15.4 Å². The molecule has 3 aromatic rings. The van der Waals surface area contributed by atoms with Gasteiger partial charge in [-0.1, -0.05) is 26.0 Å². The fourth-order valence-electron chi connectivity index (χ4n) is 3.06. The lowest BCUT2D eigenvalue weighted by molar-refractivity contribution is -0.137. The van der Waals surface area contributed by atoms with Crippen LogP contribution in [0.15, 0.2) is 70.8 Å². The van der Waals surface area contributed by atoms with E-state index in [0.717, 1.165) is 12.1 Å². The lowest BCUT2D eigenvalue weighted by Gasteiger charge is -2.12. The zero-order chi connectivity index (χ0) is 25.6. The van der Waals surface area contributed by atoms with Crippen molar-refractivity contribution in [2.45, 2.75) is 20.0 Å². The summed E-state index contributed by atoms with van der Waals surface area (Å²) in [6.07, 6.45) is -3.16. The largest absolute Gasteiger partial charge is 0.497 e. The Labute approximate surface area is 200 Å². The Hall–Kier alpha value is -4.01. The van der Waals surface area contributed by atoms with E-state index >= 15 is 0 Å². The molecule has 2 aromatic carbocycles. The minimum atomic E-state index is -4.49. The van der Waals surface area contributed by atoms with Crippen molar-refractivity contribution in [1.29, 1.82) is 0 Å². The van der Waals surface area contributed by atoms with Crippen molar-refractivity contribution in [3.05, 3.63) is 83.2 Å². The average Bonchev–Trinajstić information content (AvgIpc) is 3.30. The summed E-state index contributed by atoms with van der Waals surface area (Å²) >= 11 is 0. The van der Waals surface area contributed by atoms with E-state index in [4.69, 9.17) is 9.15 Å². The zero-order valence-corrected chi connectivity index (χ0v) is 19.4. The van der Waals surface area contributed by atoms with Crippen LogP contribution in [0.5, 0.6) is 5.75 Å². The Bertz CT molecular complexity index is 1210. The molecule has 9 heteroatoms. The quantitative estimate of drug-likeness (QED) is 0.411. The maximum atomic E-state index is 13.1. The number of nitrogens with one attached hydrogen (secondary N) is 2. The molecule has 1 aromatic heterocycles. The van der Waals surface area contributed by atoms with Crippen LogP contribution in [-0.4, -0.2) is 25.5 Å². The van der Waals surface area contributed by atoms with E-state index in [9.17, 15) is 22.8 Å². The number of hydrogen-bond donors (Lipinski definition) is 2. The molecule has 0 fully saturated rings. The Morgan fingerprint density at radius 2 is 1.77 bits per heavy atom. The highest BCUT2D eigenvalue weighted by molar-refractivity contribution is 6.05. The molecule has 0 atom stereocenters. The van der Waals surface area contributed by atoms with Crippen LogP contribution in [0.3, 0.4) is 0 Å². The van der Waals surface area contributed by atoms with Gasteiger partial charge in [-0.15, -0.1) is 0 Å². The highest BCUT2D eigenvalue weighted by Crippen LogP contribution is 2.32. The second-order valence-corrected chi connectivity index (χ2v) is 8.13. The van der Waals surface area contributed by atoms with Gasteiger partial charge in [-0.2, -0.15) is 13.2 Å². The second-order valence-electron chi connectivity index (χ2n) is 8.13. The van der Waals surface area contributed by atoms with Gasteiger partial charge in [0.2, 0.25) is 0 Å². The molecule has 1 heterocycles. The molecule has 3 rings (SSSR count). The van der Waals surface area contributed by atoms with E-state index in [1.165, 1.54) is 37.5 Å². The van der Waals surface area contributed by atoms with E-state index in [0.29, 0.717) is 17.9 Å². The number of benzene rings is 2. The second kappa shape index (κ2) is 10.9. The third-order valence-electron chi connectivity index (χ3n) is 4.90. The SMILES string of the molecule is COc1ccc(C(=O)NC(=Cc2ccc(-c3cccc(C(F)(F)F)c3)o2)C(=O)NCC(C)C)cc1. The smallest absolute Gasteiger partial charge is 0.416 e. The minimum Gasteiger partial charge on any atom is -0.497 e. The number of methoxy groups -OCH3 is 1. The molecule has 0 aliphatic carbocycles. The molecule has 0 aliphatic heterocycles. The maximum Gasteiger partial charge on any atom is 0.416 e. The lowest BCUT2D eigenvalue weighted by atomic mass is 10.1. The Morgan fingerprint density at radius 3 is 2.40 bits per heavy atom. The third-order valence-corrected chi connectivity index (χ3v) is 4.90. The summed E-state index contributed by atoms with van der Waals surface area (Å²) < 4.78 is 49.9. The first-order valence-electron chi connectivity index (χ1n) is 10.8. The predicted octanol–water partition coefficient (Wildman–Crippen LogP) is 5.52. The van der Waals surface area contributed by atoms with E-state index in [1.54, 1.807) is 24.3 Å². The fourth-order valence-corrected chi connectivity index (χ4v) is 3.06. The number of carbonyl (C=O) groups excluding carboxylic acids is 2. The van der Waals surface area contributed by atoms with Gasteiger partial charge in [-0.25, -0.2) is 0 Å². The molecule has 0 unspecified atom stereocenters. The Balaban J connectivity index is 1.88. The molecule has 0 radical (unpaired) electrons. The minimum absolute atomic E-state index is 0.0728. The number of furan rings is 1. The summed E-state index contributed by atoms with van der Waals surface area (Å²) in [5.41, 5.74) is -0.342. The number of alkyl halides is 3. The number of ether oxygens (including phenoxy) is 1. The normalized spacial score (nSPS) is 11.9. The summed E-state index contributed by atoms with van der Waals surface area (Å²) in [7, 11) is 1.51. The van der Waals surface area contributed by atoms with Crippen molar-refractivity contribution in [2.75, 3.05) is 13.7 Å². The molecule has 2 amide bonds. The van der Waals surface area contributed by atoms with Crippen molar-refractivity contribution >= 4 is 17.9 Å². The molecule has 2 N–H and O–H groups in total. The number of carbonyl (C=O) groups is 2. The number of hydrogen-bond acceptors (Lipinski definition) is 4. The van der Waals surface area contributed by atoms with Gasteiger partial charge in [0.05, 0.1) is 12.7 Å². The van der Waals surface area contributed by atoms with E-state index in [-0.39, 0.29) is 28.7 Å². The molecule has 0 spiro atoms. The van der Waals surface area contributed by atoms with Gasteiger partial charge in [0.25, 0.3) is 11.8 Å². The van der Waals surface area contributed by atoms with E-state index in [2.05, 4.69) is 10.6 Å². The highest BCUT2D eigenvalue weighted by Gasteiger charge is 2.30. The lowest BCUT2D eigenvalue weighted by Crippen LogP contribution is -2.36. The average molecular weight is 486 g/mol. The topological polar surface area (TPSA) is 80.6 Å². The van der Waals surface area contributed by atoms with Gasteiger partial charge < -0.3 is 19.8 Å². The molecule has 0 aliphatic rings. The first kappa shape index (κ1) is 25.6. The van der Waals surface area contributed by atoms with Crippen LogP contribution in [0.4, 0.5) is 13.2 Å². The van der Waals surface area contributed by atoms with Crippen molar-refractivity contribution < 1.29 is 31.9 Å². The molecular formula is C26H25F3N2O4. The highest BCUT2D eigenvalue weighted by atomic mass is 19.4. The Kier molecular flexibility index (Phi) is 8.01.